The molecule has 0 aliphatic carbocycles. The van der Waals surface area contributed by atoms with Crippen LogP contribution in [0.5, 0.6) is 0 Å². The van der Waals surface area contributed by atoms with Crippen LogP contribution in [0.25, 0.3) is 0 Å². The molecule has 2 aliphatic rings. The van der Waals surface area contributed by atoms with Crippen molar-refractivity contribution in [2.45, 2.75) is 51.3 Å². The fourth-order valence-electron chi connectivity index (χ4n) is 3.58. The fraction of sp³-hybridized carbons (Fsp3) is 0.556. The Labute approximate surface area is 142 Å². The Hall–Kier alpha value is -2.08. The van der Waals surface area contributed by atoms with Crippen molar-refractivity contribution >= 4 is 11.9 Å². The number of primary amides is 1. The number of fused-ring (bicyclic) bond motifs is 1. The lowest BCUT2D eigenvalue weighted by Gasteiger charge is -2.34. The minimum atomic E-state index is -0.405. The summed E-state index contributed by atoms with van der Waals surface area (Å²) in [4.78, 5) is 25.9. The van der Waals surface area contributed by atoms with Crippen LogP contribution in [0.2, 0.25) is 0 Å². The second kappa shape index (κ2) is 7.21. The average molecular weight is 331 g/mol. The molecule has 2 heterocycles. The lowest BCUT2D eigenvalue weighted by Crippen LogP contribution is -2.49. The molecule has 6 nitrogen and oxygen atoms in total. The van der Waals surface area contributed by atoms with Crippen LogP contribution in [0.1, 0.15) is 47.7 Å². The van der Waals surface area contributed by atoms with Crippen LogP contribution in [0, 0.1) is 0 Å². The number of urea groups is 1. The van der Waals surface area contributed by atoms with Gasteiger partial charge in [-0.05, 0) is 42.9 Å². The highest BCUT2D eigenvalue weighted by atomic mass is 16.5. The lowest BCUT2D eigenvalue weighted by atomic mass is 9.94. The summed E-state index contributed by atoms with van der Waals surface area (Å²) < 4.78 is 5.66. The molecular weight excluding hydrogens is 306 g/mol. The summed E-state index contributed by atoms with van der Waals surface area (Å²) in [7, 11) is 0. The third-order valence-corrected chi connectivity index (χ3v) is 4.97. The Morgan fingerprint density at radius 3 is 3.00 bits per heavy atom. The first-order chi connectivity index (χ1) is 11.6. The van der Waals surface area contributed by atoms with Gasteiger partial charge in [0, 0.05) is 31.3 Å². The zero-order valence-corrected chi connectivity index (χ0v) is 14.1. The monoisotopic (exact) mass is 331 g/mol. The summed E-state index contributed by atoms with van der Waals surface area (Å²) in [5.74, 6) is -0.405. The molecule has 2 atom stereocenters. The van der Waals surface area contributed by atoms with Gasteiger partial charge in [0.1, 0.15) is 0 Å². The van der Waals surface area contributed by atoms with Gasteiger partial charge in [0.15, 0.2) is 0 Å². The highest BCUT2D eigenvalue weighted by Crippen LogP contribution is 2.23. The number of nitrogens with one attached hydrogen (secondary N) is 1. The van der Waals surface area contributed by atoms with Crippen LogP contribution < -0.4 is 11.1 Å². The molecule has 130 valence electrons. The molecule has 6 heteroatoms. The van der Waals surface area contributed by atoms with E-state index in [1.165, 1.54) is 0 Å². The van der Waals surface area contributed by atoms with E-state index in [0.29, 0.717) is 31.7 Å². The van der Waals surface area contributed by atoms with Crippen molar-refractivity contribution in [1.29, 1.82) is 0 Å². The molecule has 0 radical (unpaired) electrons. The maximum Gasteiger partial charge on any atom is 0.317 e. The van der Waals surface area contributed by atoms with Gasteiger partial charge in [-0.1, -0.05) is 19.1 Å². The van der Waals surface area contributed by atoms with Crippen molar-refractivity contribution in [3.8, 4) is 0 Å². The summed E-state index contributed by atoms with van der Waals surface area (Å²) in [5, 5.41) is 3.14. The average Bonchev–Trinajstić information content (AvgIpc) is 2.60. The normalized spacial score (nSPS) is 23.5. The summed E-state index contributed by atoms with van der Waals surface area (Å²) in [6, 6.07) is 5.68. The summed E-state index contributed by atoms with van der Waals surface area (Å²) >= 11 is 0. The van der Waals surface area contributed by atoms with Crippen molar-refractivity contribution in [3.63, 3.8) is 0 Å². The molecule has 0 bridgehead atoms. The number of carbonyl (C=O) groups excluding carboxylic acids is 2. The predicted octanol–water partition coefficient (Wildman–Crippen LogP) is 1.81. The number of hydrogen-bond donors (Lipinski definition) is 2. The second-order valence-electron chi connectivity index (χ2n) is 6.55. The molecule has 0 saturated carbocycles. The largest absolute Gasteiger partial charge is 0.378 e. The van der Waals surface area contributed by atoms with Crippen molar-refractivity contribution < 1.29 is 14.3 Å². The zero-order valence-electron chi connectivity index (χ0n) is 14.1. The molecule has 24 heavy (non-hydrogen) atoms. The Morgan fingerprint density at radius 1 is 1.42 bits per heavy atom. The number of amides is 3. The van der Waals surface area contributed by atoms with E-state index in [1.54, 1.807) is 6.07 Å². The Balaban J connectivity index is 1.64. The number of nitrogens with two attached hydrogens (primary N) is 1. The maximum absolute atomic E-state index is 12.6. The fourth-order valence-corrected chi connectivity index (χ4v) is 3.58. The van der Waals surface area contributed by atoms with E-state index in [0.717, 1.165) is 30.4 Å². The summed E-state index contributed by atoms with van der Waals surface area (Å²) in [6.45, 7) is 3.92. The Morgan fingerprint density at radius 2 is 2.25 bits per heavy atom. The van der Waals surface area contributed by atoms with Crippen molar-refractivity contribution in [3.05, 3.63) is 34.9 Å². The molecule has 2 unspecified atom stereocenters. The first-order valence-corrected chi connectivity index (χ1v) is 8.66. The first kappa shape index (κ1) is 16.8. The Kier molecular flexibility index (Phi) is 5.04. The molecular formula is C18H25N3O3. The summed E-state index contributed by atoms with van der Waals surface area (Å²) in [5.41, 5.74) is 7.99. The van der Waals surface area contributed by atoms with Gasteiger partial charge < -0.3 is 20.7 Å². The van der Waals surface area contributed by atoms with Gasteiger partial charge in [0.2, 0.25) is 5.91 Å². The van der Waals surface area contributed by atoms with Crippen LogP contribution in [0.4, 0.5) is 4.79 Å². The van der Waals surface area contributed by atoms with E-state index in [1.807, 2.05) is 17.0 Å². The van der Waals surface area contributed by atoms with Gasteiger partial charge in [-0.15, -0.1) is 0 Å². The molecule has 3 amide bonds. The van der Waals surface area contributed by atoms with Crippen LogP contribution in [-0.4, -0.2) is 42.1 Å². The second-order valence-corrected chi connectivity index (χ2v) is 6.55. The zero-order chi connectivity index (χ0) is 17.1. The van der Waals surface area contributed by atoms with Crippen molar-refractivity contribution in [1.82, 2.24) is 10.2 Å². The number of benzene rings is 1. The highest BCUT2D eigenvalue weighted by Gasteiger charge is 2.27. The smallest absolute Gasteiger partial charge is 0.317 e. The molecule has 1 aromatic carbocycles. The van der Waals surface area contributed by atoms with Gasteiger partial charge in [-0.3, -0.25) is 4.79 Å². The molecule has 1 fully saturated rings. The van der Waals surface area contributed by atoms with E-state index < -0.39 is 5.91 Å². The van der Waals surface area contributed by atoms with Gasteiger partial charge in [-0.2, -0.15) is 0 Å². The summed E-state index contributed by atoms with van der Waals surface area (Å²) in [6.07, 6.45) is 3.60. The molecule has 3 N–H and O–H groups in total. The SMILES string of the molecule is CCC1CC(NC(=O)N2CCc3c(cccc3C(N)=O)C2)CCO1. The van der Waals surface area contributed by atoms with E-state index in [9.17, 15) is 9.59 Å². The van der Waals surface area contributed by atoms with Gasteiger partial charge in [-0.25, -0.2) is 4.79 Å². The topological polar surface area (TPSA) is 84.7 Å². The van der Waals surface area contributed by atoms with Crippen LogP contribution >= 0.6 is 0 Å². The molecule has 1 aromatic rings. The minimum absolute atomic E-state index is 0.0353. The number of rotatable bonds is 3. The van der Waals surface area contributed by atoms with Crippen molar-refractivity contribution in [2.75, 3.05) is 13.2 Å². The predicted molar refractivity (Wildman–Crippen MR) is 90.7 cm³/mol. The quantitative estimate of drug-likeness (QED) is 0.886. The number of carbonyl (C=O) groups is 2. The third kappa shape index (κ3) is 3.53. The van der Waals surface area contributed by atoms with Gasteiger partial charge in [0.25, 0.3) is 0 Å². The van der Waals surface area contributed by atoms with E-state index in [-0.39, 0.29) is 18.2 Å². The van der Waals surface area contributed by atoms with Crippen LogP contribution in [0.3, 0.4) is 0 Å². The number of hydrogen-bond acceptors (Lipinski definition) is 3. The highest BCUT2D eigenvalue weighted by molar-refractivity contribution is 5.94. The third-order valence-electron chi connectivity index (χ3n) is 4.97. The maximum atomic E-state index is 12.6. The number of nitrogens with zero attached hydrogens (tertiary/aromatic N) is 1. The molecule has 2 aliphatic heterocycles. The Bertz CT molecular complexity index is 632. The number of ether oxygens (including phenoxy) is 1. The standard InChI is InChI=1S/C18H25N3O3/c1-2-14-10-13(7-9-24-14)20-18(23)21-8-6-15-12(11-21)4-3-5-16(15)17(19)22/h3-5,13-14H,2,6-11H2,1H3,(H2,19,22)(H,20,23). The van der Waals surface area contributed by atoms with E-state index in [4.69, 9.17) is 10.5 Å². The van der Waals surface area contributed by atoms with Crippen LogP contribution in [0.15, 0.2) is 18.2 Å². The first-order valence-electron chi connectivity index (χ1n) is 8.66. The molecule has 0 spiro atoms. The van der Waals surface area contributed by atoms with E-state index in [2.05, 4.69) is 12.2 Å². The lowest BCUT2D eigenvalue weighted by molar-refractivity contribution is 0.00108. The molecule has 0 aromatic heterocycles. The van der Waals surface area contributed by atoms with Gasteiger partial charge >= 0.3 is 6.03 Å². The van der Waals surface area contributed by atoms with Gasteiger partial charge in [0.05, 0.1) is 6.10 Å². The van der Waals surface area contributed by atoms with E-state index >= 15 is 0 Å². The molecule has 1 saturated heterocycles. The van der Waals surface area contributed by atoms with Crippen LogP contribution in [-0.2, 0) is 17.7 Å². The minimum Gasteiger partial charge on any atom is -0.378 e. The van der Waals surface area contributed by atoms with Crippen molar-refractivity contribution in [2.24, 2.45) is 5.73 Å². The molecule has 3 rings (SSSR count).